The number of halogens is 2. The van der Waals surface area contributed by atoms with Gasteiger partial charge in [0.1, 0.15) is 5.82 Å². The predicted octanol–water partition coefficient (Wildman–Crippen LogP) is 2.82. The van der Waals surface area contributed by atoms with E-state index in [1.165, 1.54) is 6.07 Å². The molecular weight excluding hydrogens is 309 g/mol. The quantitative estimate of drug-likeness (QED) is 0.875. The Morgan fingerprint density at radius 1 is 1.35 bits per heavy atom. The van der Waals surface area contributed by atoms with Gasteiger partial charge in [0.25, 0.3) is 0 Å². The zero-order valence-electron chi connectivity index (χ0n) is 9.54. The summed E-state index contributed by atoms with van der Waals surface area (Å²) in [5.74, 6) is -0.194. The molecule has 1 aromatic rings. The maximum absolute atomic E-state index is 13.4. The van der Waals surface area contributed by atoms with Gasteiger partial charge in [-0.15, -0.1) is 0 Å². The van der Waals surface area contributed by atoms with Crippen LogP contribution in [0.1, 0.15) is 13.3 Å². The number of anilines is 1. The van der Waals surface area contributed by atoms with Crippen molar-refractivity contribution in [3.8, 4) is 0 Å². The van der Waals surface area contributed by atoms with Crippen LogP contribution in [0.15, 0.2) is 22.7 Å². The van der Waals surface area contributed by atoms with E-state index in [0.717, 1.165) is 0 Å². The lowest BCUT2D eigenvalue weighted by Crippen LogP contribution is -2.18. The molecule has 0 amide bonds. The van der Waals surface area contributed by atoms with Crippen LogP contribution in [-0.2, 0) is 9.84 Å². The summed E-state index contributed by atoms with van der Waals surface area (Å²) in [5.41, 5.74) is 0.319. The molecule has 0 atom stereocenters. The summed E-state index contributed by atoms with van der Waals surface area (Å²) in [6, 6.07) is 4.61. The molecule has 0 heterocycles. The van der Waals surface area contributed by atoms with Crippen LogP contribution in [0.3, 0.4) is 0 Å². The third-order valence-electron chi connectivity index (χ3n) is 2.17. The Morgan fingerprint density at radius 3 is 2.65 bits per heavy atom. The highest BCUT2D eigenvalue weighted by Crippen LogP contribution is 2.19. The molecule has 6 heteroatoms. The summed E-state index contributed by atoms with van der Waals surface area (Å²) in [4.78, 5) is 0. The lowest BCUT2D eigenvalue weighted by Gasteiger charge is -2.08. The van der Waals surface area contributed by atoms with Crippen LogP contribution in [-0.4, -0.2) is 26.5 Å². The van der Waals surface area contributed by atoms with Gasteiger partial charge in [-0.05, 0) is 24.6 Å². The summed E-state index contributed by atoms with van der Waals surface area (Å²) in [6.07, 6.45) is 0.606. The first-order valence-electron chi connectivity index (χ1n) is 5.34. The standard InChI is InChI=1S/C11H15BrFNO2S/c1-2-6-17(15,16)7-5-14-11-4-3-9(12)8-10(11)13/h3-4,8,14H,2,5-7H2,1H3. The van der Waals surface area contributed by atoms with Gasteiger partial charge in [-0.25, -0.2) is 12.8 Å². The minimum absolute atomic E-state index is 0.0242. The van der Waals surface area contributed by atoms with Gasteiger partial charge in [-0.3, -0.25) is 0 Å². The molecule has 0 spiro atoms. The third-order valence-corrected chi connectivity index (χ3v) is 4.52. The number of rotatable bonds is 6. The largest absolute Gasteiger partial charge is 0.382 e. The molecule has 96 valence electrons. The lowest BCUT2D eigenvalue weighted by atomic mass is 10.3. The lowest BCUT2D eigenvalue weighted by molar-refractivity contribution is 0.594. The second-order valence-corrected chi connectivity index (χ2v) is 6.92. The normalized spacial score (nSPS) is 11.5. The Balaban J connectivity index is 2.51. The highest BCUT2D eigenvalue weighted by Gasteiger charge is 2.09. The average Bonchev–Trinajstić information content (AvgIpc) is 2.21. The zero-order valence-corrected chi connectivity index (χ0v) is 11.9. The van der Waals surface area contributed by atoms with Gasteiger partial charge in [0.2, 0.25) is 0 Å². The molecular formula is C11H15BrFNO2S. The number of sulfone groups is 1. The molecule has 0 aliphatic rings. The molecule has 0 bridgehead atoms. The van der Waals surface area contributed by atoms with Crippen molar-refractivity contribution in [2.75, 3.05) is 23.4 Å². The van der Waals surface area contributed by atoms with Gasteiger partial charge in [-0.1, -0.05) is 22.9 Å². The van der Waals surface area contributed by atoms with Crippen molar-refractivity contribution in [1.82, 2.24) is 0 Å². The highest BCUT2D eigenvalue weighted by molar-refractivity contribution is 9.10. The molecule has 0 aliphatic carbocycles. The molecule has 0 saturated carbocycles. The Labute approximate surface area is 109 Å². The highest BCUT2D eigenvalue weighted by atomic mass is 79.9. The monoisotopic (exact) mass is 323 g/mol. The molecule has 0 radical (unpaired) electrons. The fourth-order valence-corrected chi connectivity index (χ4v) is 2.96. The van der Waals surface area contributed by atoms with E-state index in [0.29, 0.717) is 16.6 Å². The molecule has 1 aromatic carbocycles. The van der Waals surface area contributed by atoms with Gasteiger partial charge in [0.05, 0.1) is 11.4 Å². The van der Waals surface area contributed by atoms with Crippen molar-refractivity contribution < 1.29 is 12.8 Å². The maximum Gasteiger partial charge on any atom is 0.152 e. The van der Waals surface area contributed by atoms with E-state index in [-0.39, 0.29) is 18.1 Å². The molecule has 1 rings (SSSR count). The van der Waals surface area contributed by atoms with Gasteiger partial charge in [0.15, 0.2) is 9.84 Å². The van der Waals surface area contributed by atoms with Crippen LogP contribution in [0.2, 0.25) is 0 Å². The van der Waals surface area contributed by atoms with Gasteiger partial charge >= 0.3 is 0 Å². The number of nitrogens with one attached hydrogen (secondary N) is 1. The summed E-state index contributed by atoms with van der Waals surface area (Å²) >= 11 is 3.15. The molecule has 0 aliphatic heterocycles. The van der Waals surface area contributed by atoms with E-state index in [1.807, 2.05) is 6.92 Å². The fraction of sp³-hybridized carbons (Fsp3) is 0.455. The molecule has 0 unspecified atom stereocenters. The van der Waals surface area contributed by atoms with Gasteiger partial charge in [0, 0.05) is 16.8 Å². The summed E-state index contributed by atoms with van der Waals surface area (Å²) in [5, 5.41) is 2.78. The van der Waals surface area contributed by atoms with E-state index in [9.17, 15) is 12.8 Å². The Hall–Kier alpha value is -0.620. The van der Waals surface area contributed by atoms with Crippen LogP contribution in [0.5, 0.6) is 0 Å². The second kappa shape index (κ2) is 6.35. The van der Waals surface area contributed by atoms with Crippen LogP contribution in [0.25, 0.3) is 0 Å². The van der Waals surface area contributed by atoms with Crippen LogP contribution < -0.4 is 5.32 Å². The predicted molar refractivity (Wildman–Crippen MR) is 71.5 cm³/mol. The van der Waals surface area contributed by atoms with Crippen molar-refractivity contribution in [3.05, 3.63) is 28.5 Å². The molecule has 17 heavy (non-hydrogen) atoms. The molecule has 0 saturated heterocycles. The average molecular weight is 324 g/mol. The van der Waals surface area contributed by atoms with Crippen molar-refractivity contribution in [3.63, 3.8) is 0 Å². The molecule has 0 fully saturated rings. The number of benzene rings is 1. The summed E-state index contributed by atoms with van der Waals surface area (Å²) in [6.45, 7) is 2.04. The van der Waals surface area contributed by atoms with Crippen LogP contribution in [0.4, 0.5) is 10.1 Å². The smallest absolute Gasteiger partial charge is 0.152 e. The minimum Gasteiger partial charge on any atom is -0.382 e. The van der Waals surface area contributed by atoms with Crippen molar-refractivity contribution in [1.29, 1.82) is 0 Å². The number of hydrogen-bond acceptors (Lipinski definition) is 3. The van der Waals surface area contributed by atoms with Crippen molar-refractivity contribution >= 4 is 31.5 Å². The molecule has 1 N–H and O–H groups in total. The third kappa shape index (κ3) is 5.04. The maximum atomic E-state index is 13.4. The van der Waals surface area contributed by atoms with Gasteiger partial charge in [-0.2, -0.15) is 0 Å². The first-order chi connectivity index (χ1) is 7.94. The Kier molecular flexibility index (Phi) is 5.39. The van der Waals surface area contributed by atoms with Gasteiger partial charge < -0.3 is 5.32 Å². The number of hydrogen-bond donors (Lipinski definition) is 1. The second-order valence-electron chi connectivity index (χ2n) is 3.70. The van der Waals surface area contributed by atoms with E-state index in [1.54, 1.807) is 12.1 Å². The Bertz CT molecular complexity index is 476. The SMILES string of the molecule is CCCS(=O)(=O)CCNc1ccc(Br)cc1F. The topological polar surface area (TPSA) is 46.2 Å². The molecule has 0 aromatic heterocycles. The van der Waals surface area contributed by atoms with E-state index < -0.39 is 15.7 Å². The van der Waals surface area contributed by atoms with Crippen LogP contribution in [0, 0.1) is 5.82 Å². The minimum atomic E-state index is -3.02. The zero-order chi connectivity index (χ0) is 12.9. The molecule has 3 nitrogen and oxygen atoms in total. The van der Waals surface area contributed by atoms with E-state index in [4.69, 9.17) is 0 Å². The van der Waals surface area contributed by atoms with Crippen molar-refractivity contribution in [2.45, 2.75) is 13.3 Å². The van der Waals surface area contributed by atoms with Crippen molar-refractivity contribution in [2.24, 2.45) is 0 Å². The van der Waals surface area contributed by atoms with Crippen LogP contribution >= 0.6 is 15.9 Å². The fourth-order valence-electron chi connectivity index (χ4n) is 1.39. The summed E-state index contributed by atoms with van der Waals surface area (Å²) < 4.78 is 36.9. The first kappa shape index (κ1) is 14.4. The summed E-state index contributed by atoms with van der Waals surface area (Å²) in [7, 11) is -3.02. The first-order valence-corrected chi connectivity index (χ1v) is 7.95. The van der Waals surface area contributed by atoms with E-state index in [2.05, 4.69) is 21.2 Å². The van der Waals surface area contributed by atoms with E-state index >= 15 is 0 Å². The Morgan fingerprint density at radius 2 is 2.06 bits per heavy atom.